The van der Waals surface area contributed by atoms with E-state index in [2.05, 4.69) is 29.4 Å². The molecule has 1 amide bonds. The first-order chi connectivity index (χ1) is 12.4. The average molecular weight is 397 g/mol. The summed E-state index contributed by atoms with van der Waals surface area (Å²) in [4.78, 5) is 12.1. The lowest BCUT2D eigenvalue weighted by molar-refractivity contribution is -0.119. The van der Waals surface area contributed by atoms with Crippen molar-refractivity contribution < 1.29 is 9.53 Å². The van der Waals surface area contributed by atoms with E-state index in [9.17, 15) is 4.79 Å². The molecular weight excluding hydrogens is 372 g/mol. The van der Waals surface area contributed by atoms with Crippen LogP contribution in [-0.4, -0.2) is 46.2 Å². The summed E-state index contributed by atoms with van der Waals surface area (Å²) in [6, 6.07) is 7.58. The van der Waals surface area contributed by atoms with Gasteiger partial charge in [0.1, 0.15) is 0 Å². The van der Waals surface area contributed by atoms with Crippen molar-refractivity contribution in [2.24, 2.45) is 5.92 Å². The number of nitrogens with one attached hydrogen (secondary N) is 1. The van der Waals surface area contributed by atoms with Crippen molar-refractivity contribution in [1.29, 1.82) is 0 Å². The Labute approximate surface area is 163 Å². The van der Waals surface area contributed by atoms with E-state index in [0.29, 0.717) is 35.0 Å². The van der Waals surface area contributed by atoms with E-state index in [-0.39, 0.29) is 11.9 Å². The zero-order valence-corrected chi connectivity index (χ0v) is 17.1. The molecule has 1 atom stereocenters. The predicted octanol–water partition coefficient (Wildman–Crippen LogP) is 3.50. The van der Waals surface area contributed by atoms with Gasteiger partial charge < -0.3 is 10.1 Å². The first-order valence-corrected chi connectivity index (χ1v) is 9.89. The fraction of sp³-hybridized carbons (Fsp3) is 0.500. The van der Waals surface area contributed by atoms with Crippen LogP contribution in [0.2, 0.25) is 5.02 Å². The summed E-state index contributed by atoms with van der Waals surface area (Å²) in [7, 11) is 1.65. The highest BCUT2D eigenvalue weighted by atomic mass is 35.5. The minimum Gasteiger partial charge on any atom is -0.383 e. The molecule has 0 spiro atoms. The lowest BCUT2D eigenvalue weighted by atomic mass is 10.1. The second kappa shape index (κ2) is 9.94. The second-order valence-electron chi connectivity index (χ2n) is 6.35. The normalized spacial score (nSPS) is 12.4. The number of hydrogen-bond donors (Lipinski definition) is 1. The number of halogens is 1. The van der Waals surface area contributed by atoms with Crippen LogP contribution in [0.15, 0.2) is 29.4 Å². The molecular formula is C18H25ClN4O2S. The summed E-state index contributed by atoms with van der Waals surface area (Å²) in [6.45, 7) is 7.30. The molecule has 0 unspecified atom stereocenters. The number of methoxy groups -OCH3 is 1. The van der Waals surface area contributed by atoms with Gasteiger partial charge in [-0.3, -0.25) is 9.36 Å². The molecule has 0 bridgehead atoms. The SMILES string of the molecule is COCCn1c(SCC(=O)N[C@H](C)C(C)C)nnc1-c1ccc(Cl)cc1. The molecule has 0 radical (unpaired) electrons. The van der Waals surface area contributed by atoms with Crippen molar-refractivity contribution in [2.75, 3.05) is 19.5 Å². The van der Waals surface area contributed by atoms with E-state index < -0.39 is 0 Å². The third-order valence-electron chi connectivity index (χ3n) is 4.06. The minimum absolute atomic E-state index is 0.00876. The molecule has 8 heteroatoms. The van der Waals surface area contributed by atoms with Gasteiger partial charge in [-0.1, -0.05) is 37.2 Å². The maximum atomic E-state index is 12.1. The van der Waals surface area contributed by atoms with Crippen molar-refractivity contribution in [2.45, 2.75) is 38.5 Å². The Hall–Kier alpha value is -1.57. The van der Waals surface area contributed by atoms with Gasteiger partial charge in [-0.05, 0) is 37.1 Å². The van der Waals surface area contributed by atoms with Gasteiger partial charge in [-0.25, -0.2) is 0 Å². The number of carbonyl (C=O) groups excluding carboxylic acids is 1. The molecule has 142 valence electrons. The minimum atomic E-state index is -0.00876. The van der Waals surface area contributed by atoms with Crippen LogP contribution < -0.4 is 5.32 Å². The first kappa shape index (κ1) is 20.7. The summed E-state index contributed by atoms with van der Waals surface area (Å²) >= 11 is 7.34. The number of benzene rings is 1. The maximum absolute atomic E-state index is 12.1. The van der Waals surface area contributed by atoms with Gasteiger partial charge in [-0.2, -0.15) is 0 Å². The summed E-state index contributed by atoms with van der Waals surface area (Å²) in [5.41, 5.74) is 0.919. The number of nitrogens with zero attached hydrogens (tertiary/aromatic N) is 3. The van der Waals surface area contributed by atoms with E-state index in [0.717, 1.165) is 11.4 Å². The van der Waals surface area contributed by atoms with Crippen molar-refractivity contribution >= 4 is 29.3 Å². The lowest BCUT2D eigenvalue weighted by Gasteiger charge is -2.17. The summed E-state index contributed by atoms with van der Waals surface area (Å²) in [6.07, 6.45) is 0. The van der Waals surface area contributed by atoms with Gasteiger partial charge in [0.15, 0.2) is 11.0 Å². The van der Waals surface area contributed by atoms with Crippen LogP contribution >= 0.6 is 23.4 Å². The molecule has 6 nitrogen and oxygen atoms in total. The molecule has 2 rings (SSSR count). The van der Waals surface area contributed by atoms with Crippen LogP contribution in [0.5, 0.6) is 0 Å². The van der Waals surface area contributed by atoms with Crippen molar-refractivity contribution in [3.63, 3.8) is 0 Å². The zero-order valence-electron chi connectivity index (χ0n) is 15.5. The largest absolute Gasteiger partial charge is 0.383 e. The fourth-order valence-corrected chi connectivity index (χ4v) is 3.09. The molecule has 1 N–H and O–H groups in total. The molecule has 0 saturated heterocycles. The highest BCUT2D eigenvalue weighted by Crippen LogP contribution is 2.25. The number of amides is 1. The molecule has 1 heterocycles. The molecule has 0 aliphatic rings. The molecule has 0 fully saturated rings. The van der Waals surface area contributed by atoms with E-state index in [1.54, 1.807) is 7.11 Å². The third-order valence-corrected chi connectivity index (χ3v) is 5.28. The Morgan fingerprint density at radius 3 is 2.58 bits per heavy atom. The van der Waals surface area contributed by atoms with Gasteiger partial charge in [0, 0.05) is 23.7 Å². The van der Waals surface area contributed by atoms with E-state index in [1.165, 1.54) is 11.8 Å². The number of ether oxygens (including phenoxy) is 1. The molecule has 0 aliphatic heterocycles. The topological polar surface area (TPSA) is 69.0 Å². The van der Waals surface area contributed by atoms with Crippen LogP contribution in [0.4, 0.5) is 0 Å². The highest BCUT2D eigenvalue weighted by Gasteiger charge is 2.17. The van der Waals surface area contributed by atoms with Gasteiger partial charge in [-0.15, -0.1) is 10.2 Å². The van der Waals surface area contributed by atoms with Crippen molar-refractivity contribution in [3.05, 3.63) is 29.3 Å². The number of hydrogen-bond acceptors (Lipinski definition) is 5. The van der Waals surface area contributed by atoms with Crippen LogP contribution in [-0.2, 0) is 16.1 Å². The standard InChI is InChI=1S/C18H25ClN4O2S/c1-12(2)13(3)20-16(24)11-26-18-22-21-17(23(18)9-10-25-4)14-5-7-15(19)8-6-14/h5-8,12-13H,9-11H2,1-4H3,(H,20,24)/t13-/m1/s1. The monoisotopic (exact) mass is 396 g/mol. The van der Waals surface area contributed by atoms with Gasteiger partial charge in [0.2, 0.25) is 5.91 Å². The van der Waals surface area contributed by atoms with Gasteiger partial charge in [0.05, 0.1) is 18.9 Å². The Morgan fingerprint density at radius 1 is 1.27 bits per heavy atom. The molecule has 0 saturated carbocycles. The molecule has 26 heavy (non-hydrogen) atoms. The lowest BCUT2D eigenvalue weighted by Crippen LogP contribution is -2.37. The summed E-state index contributed by atoms with van der Waals surface area (Å²) in [5.74, 6) is 1.41. The maximum Gasteiger partial charge on any atom is 0.230 e. The predicted molar refractivity (Wildman–Crippen MR) is 106 cm³/mol. The number of rotatable bonds is 9. The summed E-state index contributed by atoms with van der Waals surface area (Å²) in [5, 5.41) is 12.9. The Balaban J connectivity index is 2.12. The van der Waals surface area contributed by atoms with E-state index in [1.807, 2.05) is 35.8 Å². The number of aromatic nitrogens is 3. The Kier molecular flexibility index (Phi) is 7.93. The highest BCUT2D eigenvalue weighted by molar-refractivity contribution is 7.99. The molecule has 2 aromatic rings. The Bertz CT molecular complexity index is 718. The number of thioether (sulfide) groups is 1. The quantitative estimate of drug-likeness (QED) is 0.657. The average Bonchev–Trinajstić information content (AvgIpc) is 3.01. The molecule has 1 aromatic carbocycles. The van der Waals surface area contributed by atoms with Crippen molar-refractivity contribution in [3.8, 4) is 11.4 Å². The third kappa shape index (κ3) is 5.72. The van der Waals surface area contributed by atoms with E-state index in [4.69, 9.17) is 16.3 Å². The van der Waals surface area contributed by atoms with Gasteiger partial charge in [0.25, 0.3) is 0 Å². The van der Waals surface area contributed by atoms with E-state index >= 15 is 0 Å². The number of carbonyl (C=O) groups is 1. The smallest absolute Gasteiger partial charge is 0.230 e. The van der Waals surface area contributed by atoms with Crippen LogP contribution in [0.1, 0.15) is 20.8 Å². The molecule has 0 aliphatic carbocycles. The Morgan fingerprint density at radius 2 is 1.96 bits per heavy atom. The van der Waals surface area contributed by atoms with Crippen LogP contribution in [0.25, 0.3) is 11.4 Å². The fourth-order valence-electron chi connectivity index (χ4n) is 2.18. The van der Waals surface area contributed by atoms with Gasteiger partial charge >= 0.3 is 0 Å². The zero-order chi connectivity index (χ0) is 19.1. The van der Waals surface area contributed by atoms with Crippen molar-refractivity contribution in [1.82, 2.24) is 20.1 Å². The summed E-state index contributed by atoms with van der Waals surface area (Å²) < 4.78 is 7.17. The second-order valence-corrected chi connectivity index (χ2v) is 7.73. The van der Waals surface area contributed by atoms with Crippen LogP contribution in [0, 0.1) is 5.92 Å². The molecule has 1 aromatic heterocycles. The first-order valence-electron chi connectivity index (χ1n) is 8.52. The van der Waals surface area contributed by atoms with Crippen LogP contribution in [0.3, 0.4) is 0 Å².